The number of hydrogen-bond donors (Lipinski definition) is 2. The molecule has 0 unspecified atom stereocenters. The van der Waals surface area contributed by atoms with Crippen molar-refractivity contribution in [3.63, 3.8) is 0 Å². The maximum atomic E-state index is 12.6. The zero-order chi connectivity index (χ0) is 20.9. The summed E-state index contributed by atoms with van der Waals surface area (Å²) in [5, 5.41) is 17.4. The first kappa shape index (κ1) is 21.8. The summed E-state index contributed by atoms with van der Waals surface area (Å²) in [6.07, 6.45) is 0.608. The molecule has 1 aromatic carbocycles. The quantitative estimate of drug-likeness (QED) is 0.308. The summed E-state index contributed by atoms with van der Waals surface area (Å²) in [4.78, 5) is 23.9. The van der Waals surface area contributed by atoms with E-state index in [0.29, 0.717) is 12.8 Å². The molecule has 0 amide bonds. The maximum Gasteiger partial charge on any atom is 0.309 e. The van der Waals surface area contributed by atoms with Gasteiger partial charge in [0, 0.05) is 18.8 Å². The zero-order valence-electron chi connectivity index (χ0n) is 15.8. The van der Waals surface area contributed by atoms with Crippen molar-refractivity contribution in [2.45, 2.75) is 31.6 Å². The molecular formula is C19H24N2O6S. The molecule has 9 heteroatoms. The third-order valence-electron chi connectivity index (χ3n) is 4.54. The number of ketones is 1. The second kappa shape index (κ2) is 9.11. The second-order valence-corrected chi connectivity index (χ2v) is 8.54. The summed E-state index contributed by atoms with van der Waals surface area (Å²) >= 11 is 0. The van der Waals surface area contributed by atoms with Gasteiger partial charge in [-0.05, 0) is 38.8 Å². The van der Waals surface area contributed by atoms with Crippen molar-refractivity contribution in [2.75, 3.05) is 19.7 Å². The number of nitrogens with one attached hydrogen (secondary N) is 1. The smallest absolute Gasteiger partial charge is 0.309 e. The van der Waals surface area contributed by atoms with Crippen molar-refractivity contribution >= 4 is 27.5 Å². The number of carbonyl (C=O) groups excluding carboxylic acids is 2. The van der Waals surface area contributed by atoms with E-state index < -0.39 is 40.1 Å². The SMILES string of the molecule is CC(=N)/C(C(C)=O)=C(/O)COC(=O)C1CCN(S(=O)(=O)c2ccccc2)CC1. The minimum Gasteiger partial charge on any atom is -0.508 e. The molecule has 152 valence electrons. The number of allylic oxidation sites excluding steroid dienone is 1. The number of Topliss-reactive ketones (excluding diaryl/α,β-unsaturated/α-hetero) is 1. The van der Waals surface area contributed by atoms with Gasteiger partial charge in [-0.25, -0.2) is 8.42 Å². The summed E-state index contributed by atoms with van der Waals surface area (Å²) in [6, 6.07) is 8.11. The van der Waals surface area contributed by atoms with Gasteiger partial charge in [-0.1, -0.05) is 18.2 Å². The van der Waals surface area contributed by atoms with Crippen LogP contribution in [0.3, 0.4) is 0 Å². The molecule has 0 atom stereocenters. The average molecular weight is 408 g/mol. The predicted octanol–water partition coefficient (Wildman–Crippen LogP) is 2.07. The second-order valence-electron chi connectivity index (χ2n) is 6.60. The molecule has 1 saturated heterocycles. The number of sulfonamides is 1. The molecule has 1 aliphatic rings. The Morgan fingerprint density at radius 1 is 1.18 bits per heavy atom. The molecule has 0 aromatic heterocycles. The molecule has 1 fully saturated rings. The van der Waals surface area contributed by atoms with Crippen molar-refractivity contribution in [2.24, 2.45) is 5.92 Å². The van der Waals surface area contributed by atoms with Crippen LogP contribution in [0.5, 0.6) is 0 Å². The molecule has 0 saturated carbocycles. The molecule has 1 aliphatic heterocycles. The van der Waals surface area contributed by atoms with E-state index in [-0.39, 0.29) is 29.3 Å². The van der Waals surface area contributed by atoms with Crippen LogP contribution >= 0.6 is 0 Å². The minimum atomic E-state index is -3.59. The van der Waals surface area contributed by atoms with Crippen LogP contribution in [0.25, 0.3) is 0 Å². The summed E-state index contributed by atoms with van der Waals surface area (Å²) in [7, 11) is -3.59. The lowest BCUT2D eigenvalue weighted by Crippen LogP contribution is -2.40. The van der Waals surface area contributed by atoms with Crippen LogP contribution in [-0.2, 0) is 24.3 Å². The molecule has 1 heterocycles. The highest BCUT2D eigenvalue weighted by Gasteiger charge is 2.32. The van der Waals surface area contributed by atoms with Crippen LogP contribution in [0.1, 0.15) is 26.7 Å². The van der Waals surface area contributed by atoms with Crippen LogP contribution in [-0.4, -0.2) is 55.0 Å². The molecule has 0 bridgehead atoms. The standard InChI is InChI=1S/C19H24N2O6S/c1-13(20)18(14(2)22)17(23)12-27-19(24)15-8-10-21(11-9-15)28(25,26)16-6-4-3-5-7-16/h3-7,15,20,23H,8-12H2,1-2H3/b18-17-,20-13?. The van der Waals surface area contributed by atoms with Gasteiger partial charge in [-0.2, -0.15) is 4.31 Å². The average Bonchev–Trinajstić information content (AvgIpc) is 2.66. The fraction of sp³-hybridized carbons (Fsp3) is 0.421. The number of aliphatic hydroxyl groups is 1. The topological polar surface area (TPSA) is 125 Å². The van der Waals surface area contributed by atoms with Crippen LogP contribution in [0.2, 0.25) is 0 Å². The Morgan fingerprint density at radius 2 is 1.75 bits per heavy atom. The minimum absolute atomic E-state index is 0.111. The van der Waals surface area contributed by atoms with E-state index in [1.165, 1.54) is 30.3 Å². The summed E-state index contributed by atoms with van der Waals surface area (Å²) < 4.78 is 31.6. The summed E-state index contributed by atoms with van der Waals surface area (Å²) in [6.45, 7) is 2.46. The Labute approximate surface area is 164 Å². The van der Waals surface area contributed by atoms with E-state index >= 15 is 0 Å². The van der Waals surface area contributed by atoms with Crippen LogP contribution in [0.15, 0.2) is 46.6 Å². The van der Waals surface area contributed by atoms with E-state index in [1.54, 1.807) is 18.2 Å². The van der Waals surface area contributed by atoms with E-state index in [4.69, 9.17) is 10.1 Å². The van der Waals surface area contributed by atoms with Crippen molar-refractivity contribution in [1.29, 1.82) is 5.41 Å². The highest BCUT2D eigenvalue weighted by molar-refractivity contribution is 7.89. The number of nitrogens with zero attached hydrogens (tertiary/aromatic N) is 1. The first-order valence-corrected chi connectivity index (χ1v) is 10.3. The fourth-order valence-electron chi connectivity index (χ4n) is 3.09. The first-order valence-electron chi connectivity index (χ1n) is 8.85. The van der Waals surface area contributed by atoms with Gasteiger partial charge >= 0.3 is 5.97 Å². The van der Waals surface area contributed by atoms with Crippen molar-refractivity contribution in [3.8, 4) is 0 Å². The molecular weight excluding hydrogens is 384 g/mol. The highest BCUT2D eigenvalue weighted by atomic mass is 32.2. The van der Waals surface area contributed by atoms with E-state index in [2.05, 4.69) is 0 Å². The lowest BCUT2D eigenvalue weighted by molar-refractivity contribution is -0.149. The molecule has 0 radical (unpaired) electrons. The zero-order valence-corrected chi connectivity index (χ0v) is 16.7. The van der Waals surface area contributed by atoms with Gasteiger partial charge in [0.25, 0.3) is 0 Å². The number of aliphatic hydroxyl groups excluding tert-OH is 1. The van der Waals surface area contributed by atoms with Crippen molar-refractivity contribution in [1.82, 2.24) is 4.31 Å². The Bertz CT molecular complexity index is 868. The highest BCUT2D eigenvalue weighted by Crippen LogP contribution is 2.24. The summed E-state index contributed by atoms with van der Waals surface area (Å²) in [5.74, 6) is -2.00. The maximum absolute atomic E-state index is 12.6. The van der Waals surface area contributed by atoms with Crippen molar-refractivity contribution in [3.05, 3.63) is 41.7 Å². The van der Waals surface area contributed by atoms with E-state index in [1.807, 2.05) is 0 Å². The number of esters is 1. The third kappa shape index (κ3) is 5.05. The largest absolute Gasteiger partial charge is 0.508 e. The number of hydrogen-bond acceptors (Lipinski definition) is 7. The Balaban J connectivity index is 1.94. The van der Waals surface area contributed by atoms with Gasteiger partial charge in [-0.3, -0.25) is 9.59 Å². The van der Waals surface area contributed by atoms with Gasteiger partial charge in [0.15, 0.2) is 5.78 Å². The van der Waals surface area contributed by atoms with E-state index in [9.17, 15) is 23.1 Å². The van der Waals surface area contributed by atoms with Crippen LogP contribution in [0.4, 0.5) is 0 Å². The van der Waals surface area contributed by atoms with Gasteiger partial charge in [-0.15, -0.1) is 0 Å². The van der Waals surface area contributed by atoms with Gasteiger partial charge in [0.05, 0.1) is 16.4 Å². The number of piperidine rings is 1. The number of carbonyl (C=O) groups is 2. The van der Waals surface area contributed by atoms with Gasteiger partial charge in [0.1, 0.15) is 12.4 Å². The van der Waals surface area contributed by atoms with Crippen LogP contribution < -0.4 is 0 Å². The fourth-order valence-corrected chi connectivity index (χ4v) is 4.58. The number of ether oxygens (including phenoxy) is 1. The first-order chi connectivity index (χ1) is 13.1. The molecule has 0 spiro atoms. The molecule has 28 heavy (non-hydrogen) atoms. The van der Waals surface area contributed by atoms with Crippen LogP contribution in [0, 0.1) is 11.3 Å². The lowest BCUT2D eigenvalue weighted by atomic mass is 9.98. The van der Waals surface area contributed by atoms with Gasteiger partial charge in [0.2, 0.25) is 10.0 Å². The Morgan fingerprint density at radius 3 is 2.25 bits per heavy atom. The normalized spacial score (nSPS) is 16.9. The molecule has 2 rings (SSSR count). The number of benzene rings is 1. The monoisotopic (exact) mass is 408 g/mol. The van der Waals surface area contributed by atoms with Crippen molar-refractivity contribution < 1.29 is 27.9 Å². The lowest BCUT2D eigenvalue weighted by Gasteiger charge is -2.30. The Kier molecular flexibility index (Phi) is 7.09. The molecule has 0 aliphatic carbocycles. The van der Waals surface area contributed by atoms with E-state index in [0.717, 1.165) is 0 Å². The summed E-state index contributed by atoms with van der Waals surface area (Å²) in [5.41, 5.74) is -0.281. The van der Waals surface area contributed by atoms with Gasteiger partial charge < -0.3 is 15.3 Å². The predicted molar refractivity (Wildman–Crippen MR) is 103 cm³/mol. The third-order valence-corrected chi connectivity index (χ3v) is 6.45. The number of rotatable bonds is 7. The molecule has 2 N–H and O–H groups in total. The molecule has 1 aromatic rings. The Hall–Kier alpha value is -2.52. The molecule has 8 nitrogen and oxygen atoms in total.